The summed E-state index contributed by atoms with van der Waals surface area (Å²) in [6, 6.07) is 0. The van der Waals surface area contributed by atoms with E-state index in [0.29, 0.717) is 0 Å². The van der Waals surface area contributed by atoms with Crippen LogP contribution in [0.15, 0.2) is 0 Å². The van der Waals surface area contributed by atoms with Gasteiger partial charge in [-0.05, 0) is 6.92 Å². The average Bonchev–Trinajstić information content (AvgIpc) is 2.55. The molecule has 2 heterocycles. The van der Waals surface area contributed by atoms with E-state index in [1.165, 1.54) is 6.92 Å². The molecular weight excluding hydrogens is 316 g/mol. The number of hydrogen-bond donors (Lipinski definition) is 7. The smallest absolute Gasteiger partial charge is 0.187 e. The SMILES string of the molecule is C[C@@H]1OC(CO)[C@@H](O[C@@H]2OC(CO)[C@@H](O)[C@@H](O)C2O)[C@@H](O)C1O. The molecule has 0 aromatic carbocycles. The van der Waals surface area contributed by atoms with Crippen molar-refractivity contribution < 1.29 is 50.0 Å². The van der Waals surface area contributed by atoms with Gasteiger partial charge in [-0.25, -0.2) is 0 Å². The van der Waals surface area contributed by atoms with Crippen molar-refractivity contribution in [3.8, 4) is 0 Å². The Morgan fingerprint density at radius 1 is 0.739 bits per heavy atom. The molecule has 2 rings (SSSR count). The summed E-state index contributed by atoms with van der Waals surface area (Å²) in [6.45, 7) is 0.369. The van der Waals surface area contributed by atoms with Crippen molar-refractivity contribution in [3.05, 3.63) is 0 Å². The van der Waals surface area contributed by atoms with Gasteiger partial charge in [-0.15, -0.1) is 0 Å². The number of hydrogen-bond acceptors (Lipinski definition) is 10. The Morgan fingerprint density at radius 2 is 1.35 bits per heavy atom. The Labute approximate surface area is 132 Å². The molecule has 0 amide bonds. The molecule has 0 bridgehead atoms. The van der Waals surface area contributed by atoms with Gasteiger partial charge in [0.2, 0.25) is 0 Å². The van der Waals surface area contributed by atoms with Gasteiger partial charge >= 0.3 is 0 Å². The van der Waals surface area contributed by atoms with Crippen molar-refractivity contribution in [2.24, 2.45) is 0 Å². The highest BCUT2D eigenvalue weighted by atomic mass is 16.7. The molecule has 136 valence electrons. The zero-order valence-corrected chi connectivity index (χ0v) is 12.5. The fraction of sp³-hybridized carbons (Fsp3) is 1.00. The quantitative estimate of drug-likeness (QED) is 0.265. The number of aliphatic hydroxyl groups excluding tert-OH is 7. The lowest BCUT2D eigenvalue weighted by Gasteiger charge is -2.45. The maximum absolute atomic E-state index is 10.1. The van der Waals surface area contributed by atoms with Crippen LogP contribution in [0.3, 0.4) is 0 Å². The van der Waals surface area contributed by atoms with Crippen LogP contribution in [0.25, 0.3) is 0 Å². The maximum Gasteiger partial charge on any atom is 0.187 e. The van der Waals surface area contributed by atoms with E-state index in [1.54, 1.807) is 0 Å². The van der Waals surface area contributed by atoms with Crippen LogP contribution in [-0.2, 0) is 14.2 Å². The Balaban J connectivity index is 2.11. The van der Waals surface area contributed by atoms with Crippen molar-refractivity contribution in [1.29, 1.82) is 0 Å². The highest BCUT2D eigenvalue weighted by Gasteiger charge is 2.49. The molecule has 0 aromatic rings. The number of aliphatic hydroxyl groups is 7. The van der Waals surface area contributed by atoms with Gasteiger partial charge in [-0.2, -0.15) is 0 Å². The predicted octanol–water partition coefficient (Wildman–Crippen LogP) is -4.33. The molecular formula is C13H24O10. The van der Waals surface area contributed by atoms with E-state index in [-0.39, 0.29) is 0 Å². The van der Waals surface area contributed by atoms with E-state index in [4.69, 9.17) is 19.3 Å². The Hall–Kier alpha value is -0.400. The van der Waals surface area contributed by atoms with Crippen LogP contribution < -0.4 is 0 Å². The van der Waals surface area contributed by atoms with Gasteiger partial charge in [0.15, 0.2) is 6.29 Å². The Bertz CT molecular complexity index is 378. The van der Waals surface area contributed by atoms with Gasteiger partial charge in [0.1, 0.15) is 48.8 Å². The number of rotatable bonds is 4. The molecule has 2 fully saturated rings. The van der Waals surface area contributed by atoms with Crippen molar-refractivity contribution in [1.82, 2.24) is 0 Å². The standard InChI is InChI=1S/C13H24O10/c1-4-7(16)10(19)12(6(3-15)21-4)23-13-11(20)9(18)8(17)5(2-14)22-13/h4-20H,2-3H2,1H3/t4-,5?,6?,7?,8+,9+,10-,11?,12+,13-/m0/s1. The fourth-order valence-electron chi connectivity index (χ4n) is 2.78. The molecule has 2 aliphatic heterocycles. The third-order valence-electron chi connectivity index (χ3n) is 4.24. The molecule has 23 heavy (non-hydrogen) atoms. The van der Waals surface area contributed by atoms with Crippen LogP contribution in [0.5, 0.6) is 0 Å². The van der Waals surface area contributed by atoms with Crippen LogP contribution in [-0.4, -0.2) is 110 Å². The molecule has 10 atom stereocenters. The first-order chi connectivity index (χ1) is 10.8. The summed E-state index contributed by atoms with van der Waals surface area (Å²) >= 11 is 0. The lowest BCUT2D eigenvalue weighted by Crippen LogP contribution is -2.64. The average molecular weight is 340 g/mol. The molecule has 2 aliphatic rings. The zero-order chi connectivity index (χ0) is 17.3. The van der Waals surface area contributed by atoms with E-state index in [0.717, 1.165) is 0 Å². The van der Waals surface area contributed by atoms with Crippen LogP contribution in [0, 0.1) is 0 Å². The van der Waals surface area contributed by atoms with Crippen molar-refractivity contribution in [2.45, 2.75) is 68.1 Å². The molecule has 0 aromatic heterocycles. The van der Waals surface area contributed by atoms with Crippen molar-refractivity contribution >= 4 is 0 Å². The van der Waals surface area contributed by atoms with Crippen molar-refractivity contribution in [2.75, 3.05) is 13.2 Å². The second-order valence-corrected chi connectivity index (χ2v) is 5.84. The number of ether oxygens (including phenoxy) is 3. The summed E-state index contributed by atoms with van der Waals surface area (Å²) < 4.78 is 15.9. The summed E-state index contributed by atoms with van der Waals surface area (Å²) in [5, 5.41) is 67.8. The molecule has 7 N–H and O–H groups in total. The van der Waals surface area contributed by atoms with Gasteiger partial charge in [0.25, 0.3) is 0 Å². The van der Waals surface area contributed by atoms with Crippen LogP contribution >= 0.6 is 0 Å². The van der Waals surface area contributed by atoms with Crippen LogP contribution in [0.4, 0.5) is 0 Å². The van der Waals surface area contributed by atoms with Crippen molar-refractivity contribution in [3.63, 3.8) is 0 Å². The molecule has 2 saturated heterocycles. The summed E-state index contributed by atoms with van der Waals surface area (Å²) in [4.78, 5) is 0. The summed E-state index contributed by atoms with van der Waals surface area (Å²) in [7, 11) is 0. The lowest BCUT2D eigenvalue weighted by atomic mass is 9.95. The minimum absolute atomic E-state index is 0.518. The normalized spacial score (nSPS) is 51.7. The predicted molar refractivity (Wildman–Crippen MR) is 72.1 cm³/mol. The first-order valence-electron chi connectivity index (χ1n) is 7.40. The molecule has 10 nitrogen and oxygen atoms in total. The zero-order valence-electron chi connectivity index (χ0n) is 12.5. The lowest BCUT2D eigenvalue weighted by molar-refractivity contribution is -0.341. The van der Waals surface area contributed by atoms with E-state index in [2.05, 4.69) is 0 Å². The van der Waals surface area contributed by atoms with E-state index in [1.807, 2.05) is 0 Å². The van der Waals surface area contributed by atoms with Crippen LogP contribution in [0.1, 0.15) is 6.92 Å². The second-order valence-electron chi connectivity index (χ2n) is 5.84. The fourth-order valence-corrected chi connectivity index (χ4v) is 2.78. The molecule has 4 unspecified atom stereocenters. The first-order valence-corrected chi connectivity index (χ1v) is 7.40. The minimum atomic E-state index is -1.66. The Kier molecular flexibility index (Phi) is 6.30. The highest BCUT2D eigenvalue weighted by Crippen LogP contribution is 2.28. The van der Waals surface area contributed by atoms with E-state index < -0.39 is 74.4 Å². The second kappa shape index (κ2) is 7.66. The molecule has 10 heteroatoms. The summed E-state index contributed by atoms with van der Waals surface area (Å²) in [5.74, 6) is 0. The summed E-state index contributed by atoms with van der Waals surface area (Å²) in [6.07, 6.45) is -13.2. The third-order valence-corrected chi connectivity index (χ3v) is 4.24. The van der Waals surface area contributed by atoms with Gasteiger partial charge in [-0.3, -0.25) is 0 Å². The molecule has 0 radical (unpaired) electrons. The maximum atomic E-state index is 10.1. The van der Waals surface area contributed by atoms with Crippen LogP contribution in [0.2, 0.25) is 0 Å². The van der Waals surface area contributed by atoms with Gasteiger partial charge in [0, 0.05) is 0 Å². The monoisotopic (exact) mass is 340 g/mol. The van der Waals surface area contributed by atoms with E-state index >= 15 is 0 Å². The summed E-state index contributed by atoms with van der Waals surface area (Å²) in [5.41, 5.74) is 0. The largest absolute Gasteiger partial charge is 0.394 e. The highest BCUT2D eigenvalue weighted by molar-refractivity contribution is 4.94. The Morgan fingerprint density at radius 3 is 1.91 bits per heavy atom. The third kappa shape index (κ3) is 3.66. The van der Waals surface area contributed by atoms with Gasteiger partial charge in [-0.1, -0.05) is 0 Å². The van der Waals surface area contributed by atoms with Gasteiger partial charge < -0.3 is 50.0 Å². The molecule has 0 saturated carbocycles. The molecule has 0 spiro atoms. The van der Waals surface area contributed by atoms with E-state index in [9.17, 15) is 30.6 Å². The van der Waals surface area contributed by atoms with Gasteiger partial charge in [0.05, 0.1) is 19.3 Å². The molecule has 0 aliphatic carbocycles. The first kappa shape index (κ1) is 18.9. The topological polar surface area (TPSA) is 169 Å². The minimum Gasteiger partial charge on any atom is -0.394 e.